The first-order valence-electron chi connectivity index (χ1n) is 11.0. The highest BCUT2D eigenvalue weighted by Crippen LogP contribution is 2.32. The van der Waals surface area contributed by atoms with E-state index in [0.29, 0.717) is 38.3 Å². The molecule has 2 heterocycles. The summed E-state index contributed by atoms with van der Waals surface area (Å²) < 4.78 is 49.3. The fraction of sp³-hybridized carbons (Fsp3) is 0.375. The second-order valence-electron chi connectivity index (χ2n) is 7.93. The molecule has 0 spiro atoms. The Morgan fingerprint density at radius 2 is 1.51 bits per heavy atom. The summed E-state index contributed by atoms with van der Waals surface area (Å²) in [6, 6.07) is 10.5. The average molecular weight is 520 g/mol. The summed E-state index contributed by atoms with van der Waals surface area (Å²) in [5.74, 6) is 2.28. The van der Waals surface area contributed by atoms with Crippen LogP contribution in [0.3, 0.4) is 0 Å². The molecule has 1 aliphatic rings. The summed E-state index contributed by atoms with van der Waals surface area (Å²) in [5.41, 5.74) is 1.99. The predicted molar refractivity (Wildman–Crippen MR) is 135 cm³/mol. The van der Waals surface area contributed by atoms with Crippen LogP contribution >= 0.6 is 11.3 Å². The zero-order valence-electron chi connectivity index (χ0n) is 20.2. The van der Waals surface area contributed by atoms with Crippen molar-refractivity contribution in [2.45, 2.75) is 11.3 Å². The van der Waals surface area contributed by atoms with E-state index >= 15 is 0 Å². The van der Waals surface area contributed by atoms with E-state index in [-0.39, 0.29) is 10.6 Å². The van der Waals surface area contributed by atoms with E-state index in [1.165, 1.54) is 24.6 Å². The Morgan fingerprint density at radius 3 is 2.11 bits per heavy atom. The van der Waals surface area contributed by atoms with Crippen molar-refractivity contribution in [3.63, 3.8) is 0 Å². The lowest BCUT2D eigenvalue weighted by Gasteiger charge is -2.34. The molecule has 0 unspecified atom stereocenters. The van der Waals surface area contributed by atoms with Crippen molar-refractivity contribution < 1.29 is 27.4 Å². The minimum Gasteiger partial charge on any atom is -0.497 e. The quantitative estimate of drug-likeness (QED) is 0.426. The SMILES string of the molecule is COc1cc(Cc2csc(N3CCN(S(=O)(=O)c4ccc(OC)cc4OC)CC3)n2)cc(OC)c1. The number of anilines is 1. The highest BCUT2D eigenvalue weighted by Gasteiger charge is 2.31. The molecule has 35 heavy (non-hydrogen) atoms. The summed E-state index contributed by atoms with van der Waals surface area (Å²) >= 11 is 1.56. The van der Waals surface area contributed by atoms with Crippen molar-refractivity contribution in [3.05, 3.63) is 53.0 Å². The monoisotopic (exact) mass is 519 g/mol. The minimum absolute atomic E-state index is 0.138. The maximum Gasteiger partial charge on any atom is 0.246 e. The Hall–Kier alpha value is -3.02. The number of methoxy groups -OCH3 is 4. The molecular weight excluding hydrogens is 490 g/mol. The molecule has 1 fully saturated rings. The van der Waals surface area contributed by atoms with Gasteiger partial charge in [0.05, 0.1) is 34.1 Å². The van der Waals surface area contributed by atoms with Crippen molar-refractivity contribution in [2.24, 2.45) is 0 Å². The van der Waals surface area contributed by atoms with E-state index in [0.717, 1.165) is 27.9 Å². The Labute approximate surface area is 209 Å². The number of thiazole rings is 1. The Bertz CT molecular complexity index is 1250. The normalized spacial score (nSPS) is 14.6. The Balaban J connectivity index is 1.43. The highest BCUT2D eigenvalue weighted by molar-refractivity contribution is 7.89. The predicted octanol–water partition coefficient (Wildman–Crippen LogP) is 3.28. The van der Waals surface area contributed by atoms with Crippen molar-refractivity contribution in [1.82, 2.24) is 9.29 Å². The summed E-state index contributed by atoms with van der Waals surface area (Å²) in [7, 11) is 2.54. The molecule has 0 atom stereocenters. The topological polar surface area (TPSA) is 90.4 Å². The van der Waals surface area contributed by atoms with E-state index < -0.39 is 10.0 Å². The van der Waals surface area contributed by atoms with E-state index in [1.807, 2.05) is 23.6 Å². The lowest BCUT2D eigenvalue weighted by Crippen LogP contribution is -2.48. The van der Waals surface area contributed by atoms with Crippen molar-refractivity contribution in [1.29, 1.82) is 0 Å². The first-order valence-corrected chi connectivity index (χ1v) is 13.3. The van der Waals surface area contributed by atoms with Crippen LogP contribution in [0.2, 0.25) is 0 Å². The molecule has 1 aromatic heterocycles. The van der Waals surface area contributed by atoms with Crippen LogP contribution < -0.4 is 23.8 Å². The van der Waals surface area contributed by atoms with Gasteiger partial charge in [-0.25, -0.2) is 13.4 Å². The molecule has 4 rings (SSSR count). The molecular formula is C24H29N3O6S2. The van der Waals surface area contributed by atoms with Crippen LogP contribution in [0, 0.1) is 0 Å². The maximum atomic E-state index is 13.3. The lowest BCUT2D eigenvalue weighted by atomic mass is 10.1. The molecule has 11 heteroatoms. The zero-order chi connectivity index (χ0) is 25.0. The van der Waals surface area contributed by atoms with Crippen LogP contribution in [0.1, 0.15) is 11.3 Å². The number of benzene rings is 2. The fourth-order valence-corrected chi connectivity index (χ4v) is 6.38. The molecule has 0 amide bonds. The van der Waals surface area contributed by atoms with Gasteiger partial charge < -0.3 is 23.8 Å². The van der Waals surface area contributed by atoms with Crippen molar-refractivity contribution in [2.75, 3.05) is 59.5 Å². The first kappa shape index (κ1) is 25.1. The molecule has 188 valence electrons. The van der Waals surface area contributed by atoms with Crippen LogP contribution in [0.25, 0.3) is 0 Å². The van der Waals surface area contributed by atoms with Crippen LogP contribution in [0.4, 0.5) is 5.13 Å². The van der Waals surface area contributed by atoms with E-state index in [9.17, 15) is 8.42 Å². The molecule has 9 nitrogen and oxygen atoms in total. The van der Waals surface area contributed by atoms with Gasteiger partial charge >= 0.3 is 0 Å². The molecule has 0 radical (unpaired) electrons. The van der Waals surface area contributed by atoms with Gasteiger partial charge in [0.2, 0.25) is 10.0 Å². The molecule has 1 saturated heterocycles. The van der Waals surface area contributed by atoms with Gasteiger partial charge in [-0.2, -0.15) is 4.31 Å². The summed E-state index contributed by atoms with van der Waals surface area (Å²) in [4.78, 5) is 7.05. The lowest BCUT2D eigenvalue weighted by molar-refractivity contribution is 0.370. The third-order valence-electron chi connectivity index (χ3n) is 5.83. The van der Waals surface area contributed by atoms with Crippen LogP contribution in [0.15, 0.2) is 46.7 Å². The maximum absolute atomic E-state index is 13.3. The van der Waals surface area contributed by atoms with Gasteiger partial charge in [0.1, 0.15) is 27.9 Å². The number of hydrogen-bond acceptors (Lipinski definition) is 9. The Morgan fingerprint density at radius 1 is 0.857 bits per heavy atom. The van der Waals surface area contributed by atoms with Gasteiger partial charge in [-0.05, 0) is 29.8 Å². The number of piperazine rings is 1. The Kier molecular flexibility index (Phi) is 7.68. The van der Waals surface area contributed by atoms with E-state index in [4.69, 9.17) is 23.9 Å². The third-order valence-corrected chi connectivity index (χ3v) is 8.72. The molecule has 0 saturated carbocycles. The van der Waals surface area contributed by atoms with Gasteiger partial charge in [-0.15, -0.1) is 11.3 Å². The van der Waals surface area contributed by atoms with E-state index in [1.54, 1.807) is 37.7 Å². The number of rotatable bonds is 9. The number of sulfonamides is 1. The highest BCUT2D eigenvalue weighted by atomic mass is 32.2. The van der Waals surface area contributed by atoms with Gasteiger partial charge in [-0.3, -0.25) is 0 Å². The second-order valence-corrected chi connectivity index (χ2v) is 10.7. The number of ether oxygens (including phenoxy) is 4. The second kappa shape index (κ2) is 10.7. The van der Waals surface area contributed by atoms with Crippen LogP contribution in [0.5, 0.6) is 23.0 Å². The molecule has 3 aromatic rings. The molecule has 1 aliphatic heterocycles. The molecule has 0 aliphatic carbocycles. The number of nitrogens with zero attached hydrogens (tertiary/aromatic N) is 3. The molecule has 2 aromatic carbocycles. The average Bonchev–Trinajstić information content (AvgIpc) is 3.36. The molecule has 0 N–H and O–H groups in total. The van der Waals surface area contributed by atoms with Gasteiger partial charge in [0.25, 0.3) is 0 Å². The van der Waals surface area contributed by atoms with Crippen LogP contribution in [-0.2, 0) is 16.4 Å². The van der Waals surface area contributed by atoms with Gasteiger partial charge in [-0.1, -0.05) is 0 Å². The summed E-state index contributed by atoms with van der Waals surface area (Å²) in [6.45, 7) is 1.83. The summed E-state index contributed by atoms with van der Waals surface area (Å²) in [6.07, 6.45) is 0.648. The number of hydrogen-bond donors (Lipinski definition) is 0. The van der Waals surface area contributed by atoms with Crippen molar-refractivity contribution in [3.8, 4) is 23.0 Å². The largest absolute Gasteiger partial charge is 0.497 e. The molecule has 0 bridgehead atoms. The smallest absolute Gasteiger partial charge is 0.246 e. The van der Waals surface area contributed by atoms with E-state index in [2.05, 4.69) is 4.90 Å². The van der Waals surface area contributed by atoms with Crippen molar-refractivity contribution >= 4 is 26.5 Å². The number of aromatic nitrogens is 1. The minimum atomic E-state index is -3.70. The van der Waals surface area contributed by atoms with Gasteiger partial charge in [0, 0.05) is 50.1 Å². The standard InChI is InChI=1S/C24H29N3O6S2/c1-30-19-5-6-23(22(15-19)33-4)35(28,29)27-9-7-26(8-10-27)24-25-18(16-34-24)11-17-12-20(31-2)14-21(13-17)32-3/h5-6,12-16H,7-11H2,1-4H3. The first-order chi connectivity index (χ1) is 16.9. The summed E-state index contributed by atoms with van der Waals surface area (Å²) in [5, 5.41) is 2.92. The zero-order valence-corrected chi connectivity index (χ0v) is 21.8. The third kappa shape index (κ3) is 5.47. The fourth-order valence-electron chi connectivity index (χ4n) is 3.95. The van der Waals surface area contributed by atoms with Crippen LogP contribution in [-0.4, -0.2) is 72.3 Å². The van der Waals surface area contributed by atoms with Gasteiger partial charge in [0.15, 0.2) is 5.13 Å².